The molecule has 1 atom stereocenters. The minimum absolute atomic E-state index is 0.0780. The number of benzene rings is 2. The van der Waals surface area contributed by atoms with E-state index in [1.54, 1.807) is 29.5 Å². The monoisotopic (exact) mass is 541 g/mol. The number of rotatable bonds is 4. The first-order valence-electron chi connectivity index (χ1n) is 10.9. The largest absolute Gasteiger partial charge is 0.493 e. The van der Waals surface area contributed by atoms with Gasteiger partial charge in [-0.15, -0.1) is 11.3 Å². The maximum absolute atomic E-state index is 13.0. The van der Waals surface area contributed by atoms with Crippen LogP contribution in [0.2, 0.25) is 0 Å². The molecule has 34 heavy (non-hydrogen) atoms. The van der Waals surface area contributed by atoms with E-state index in [1.807, 2.05) is 25.1 Å². The average molecular weight is 542 g/mol. The Hall–Kier alpha value is -2.88. The number of hydrogen-bond donors (Lipinski definition) is 2. The SMILES string of the molecule is COc1cc([C@@H]2NC(=O)c3c(sc4c3CCN(C)C4)N2)cc(Br)c1OC(=O)c1ccc(C)cc1. The molecule has 0 spiro atoms. The smallest absolute Gasteiger partial charge is 0.343 e. The normalized spacial score (nSPS) is 17.3. The van der Waals surface area contributed by atoms with Crippen LogP contribution in [0, 0.1) is 6.92 Å². The van der Waals surface area contributed by atoms with Gasteiger partial charge in [0.25, 0.3) is 5.91 Å². The highest BCUT2D eigenvalue weighted by Gasteiger charge is 2.33. The molecule has 1 aromatic heterocycles. The number of nitrogens with zero attached hydrogens (tertiary/aromatic N) is 1. The molecule has 0 unspecified atom stereocenters. The number of carbonyl (C=O) groups excluding carboxylic acids is 2. The summed E-state index contributed by atoms with van der Waals surface area (Å²) in [5, 5.41) is 7.42. The predicted molar refractivity (Wildman–Crippen MR) is 135 cm³/mol. The first kappa shape index (κ1) is 22.9. The summed E-state index contributed by atoms with van der Waals surface area (Å²) in [6, 6.07) is 10.8. The van der Waals surface area contributed by atoms with Crippen LogP contribution in [0.3, 0.4) is 0 Å². The van der Waals surface area contributed by atoms with Crippen LogP contribution in [-0.2, 0) is 13.0 Å². The topological polar surface area (TPSA) is 79.9 Å². The minimum atomic E-state index is -0.477. The van der Waals surface area contributed by atoms with Crippen molar-refractivity contribution in [3.8, 4) is 11.5 Å². The summed E-state index contributed by atoms with van der Waals surface area (Å²) >= 11 is 5.16. The van der Waals surface area contributed by atoms with Gasteiger partial charge in [-0.3, -0.25) is 4.79 Å². The molecule has 0 bridgehead atoms. The summed E-state index contributed by atoms with van der Waals surface area (Å²) in [6.07, 6.45) is 0.433. The highest BCUT2D eigenvalue weighted by molar-refractivity contribution is 9.10. The molecule has 3 aromatic rings. The number of ether oxygens (including phenoxy) is 2. The summed E-state index contributed by atoms with van der Waals surface area (Å²) in [5.74, 6) is 0.119. The van der Waals surface area contributed by atoms with E-state index >= 15 is 0 Å². The van der Waals surface area contributed by atoms with Gasteiger partial charge in [0.2, 0.25) is 0 Å². The highest BCUT2D eigenvalue weighted by Crippen LogP contribution is 2.43. The van der Waals surface area contributed by atoms with Crippen LogP contribution in [0.5, 0.6) is 11.5 Å². The Labute approximate surface area is 210 Å². The maximum Gasteiger partial charge on any atom is 0.343 e. The van der Waals surface area contributed by atoms with Crippen LogP contribution >= 0.6 is 27.3 Å². The first-order chi connectivity index (χ1) is 16.3. The third-order valence-electron chi connectivity index (χ3n) is 6.09. The molecular weight excluding hydrogens is 518 g/mol. The molecule has 3 heterocycles. The first-order valence-corrected chi connectivity index (χ1v) is 12.5. The van der Waals surface area contributed by atoms with Crippen LogP contribution in [-0.4, -0.2) is 37.5 Å². The Morgan fingerprint density at radius 2 is 1.97 bits per heavy atom. The molecule has 0 saturated carbocycles. The summed E-state index contributed by atoms with van der Waals surface area (Å²) in [4.78, 5) is 29.2. The Kier molecular flexibility index (Phi) is 6.09. The molecule has 0 saturated heterocycles. The third-order valence-corrected chi connectivity index (χ3v) is 7.83. The van der Waals surface area contributed by atoms with Gasteiger partial charge in [-0.1, -0.05) is 17.7 Å². The lowest BCUT2D eigenvalue weighted by Gasteiger charge is -2.28. The maximum atomic E-state index is 13.0. The van der Waals surface area contributed by atoms with Crippen LogP contribution in [0.4, 0.5) is 5.00 Å². The van der Waals surface area contributed by atoms with E-state index in [-0.39, 0.29) is 11.7 Å². The average Bonchev–Trinajstić information content (AvgIpc) is 3.18. The lowest BCUT2D eigenvalue weighted by molar-refractivity contribution is 0.0728. The van der Waals surface area contributed by atoms with Crippen molar-refractivity contribution in [1.82, 2.24) is 10.2 Å². The molecule has 7 nitrogen and oxygen atoms in total. The molecule has 176 valence electrons. The highest BCUT2D eigenvalue weighted by atomic mass is 79.9. The number of esters is 1. The van der Waals surface area contributed by atoms with Gasteiger partial charge in [-0.05, 0) is 71.7 Å². The molecule has 9 heteroatoms. The van der Waals surface area contributed by atoms with E-state index in [9.17, 15) is 9.59 Å². The van der Waals surface area contributed by atoms with Crippen LogP contribution in [0.1, 0.15) is 48.4 Å². The van der Waals surface area contributed by atoms with E-state index < -0.39 is 12.1 Å². The van der Waals surface area contributed by atoms with Crippen molar-refractivity contribution in [2.45, 2.75) is 26.1 Å². The van der Waals surface area contributed by atoms with Crippen molar-refractivity contribution in [1.29, 1.82) is 0 Å². The van der Waals surface area contributed by atoms with Crippen LogP contribution in [0.15, 0.2) is 40.9 Å². The second-order valence-corrected chi connectivity index (χ2v) is 10.5. The van der Waals surface area contributed by atoms with Crippen LogP contribution in [0.25, 0.3) is 0 Å². The lowest BCUT2D eigenvalue weighted by Crippen LogP contribution is -2.38. The van der Waals surface area contributed by atoms with Gasteiger partial charge in [-0.25, -0.2) is 4.79 Å². The molecule has 5 rings (SSSR count). The fraction of sp³-hybridized carbons (Fsp3) is 0.280. The van der Waals surface area contributed by atoms with Crippen molar-refractivity contribution in [3.63, 3.8) is 0 Å². The number of aryl methyl sites for hydroxylation is 1. The number of halogens is 1. The minimum Gasteiger partial charge on any atom is -0.493 e. The Morgan fingerprint density at radius 3 is 2.71 bits per heavy atom. The van der Waals surface area contributed by atoms with Crippen molar-refractivity contribution in [2.75, 3.05) is 26.0 Å². The number of methoxy groups -OCH3 is 1. The third kappa shape index (κ3) is 4.19. The van der Waals surface area contributed by atoms with Gasteiger partial charge >= 0.3 is 5.97 Å². The van der Waals surface area contributed by atoms with Gasteiger partial charge in [0.15, 0.2) is 11.5 Å². The van der Waals surface area contributed by atoms with E-state index in [0.717, 1.165) is 46.8 Å². The van der Waals surface area contributed by atoms with Gasteiger partial charge < -0.3 is 25.0 Å². The molecule has 1 amide bonds. The number of fused-ring (bicyclic) bond motifs is 3. The van der Waals surface area contributed by atoms with E-state index in [2.05, 4.69) is 38.5 Å². The van der Waals surface area contributed by atoms with Crippen molar-refractivity contribution in [3.05, 3.63) is 73.6 Å². The van der Waals surface area contributed by atoms with Gasteiger partial charge in [0.05, 0.1) is 22.7 Å². The van der Waals surface area contributed by atoms with E-state index in [0.29, 0.717) is 15.8 Å². The summed E-state index contributed by atoms with van der Waals surface area (Å²) in [5.41, 5.74) is 4.20. The van der Waals surface area contributed by atoms with Crippen LogP contribution < -0.4 is 20.1 Å². The molecule has 0 radical (unpaired) electrons. The van der Waals surface area contributed by atoms with Gasteiger partial charge in [0.1, 0.15) is 11.2 Å². The second-order valence-electron chi connectivity index (χ2n) is 8.54. The van der Waals surface area contributed by atoms with Crippen molar-refractivity contribution >= 4 is 44.1 Å². The molecule has 2 aliphatic rings. The van der Waals surface area contributed by atoms with Gasteiger partial charge in [-0.2, -0.15) is 0 Å². The molecular formula is C25H24BrN3O4S. The quantitative estimate of drug-likeness (QED) is 0.361. The summed E-state index contributed by atoms with van der Waals surface area (Å²) < 4.78 is 11.7. The molecule has 2 aliphatic heterocycles. The van der Waals surface area contributed by atoms with E-state index in [4.69, 9.17) is 9.47 Å². The summed E-state index contributed by atoms with van der Waals surface area (Å²) in [7, 11) is 3.61. The fourth-order valence-corrected chi connectivity index (χ4v) is 6.15. The van der Waals surface area contributed by atoms with Gasteiger partial charge in [0, 0.05) is 18.0 Å². The summed E-state index contributed by atoms with van der Waals surface area (Å²) in [6.45, 7) is 3.76. The van der Waals surface area contributed by atoms with E-state index in [1.165, 1.54) is 12.0 Å². The molecule has 2 N–H and O–H groups in total. The van der Waals surface area contributed by atoms with Crippen molar-refractivity contribution < 1.29 is 19.1 Å². The second kappa shape index (κ2) is 9.05. The number of carbonyl (C=O) groups is 2. The number of thiophene rings is 1. The number of anilines is 1. The molecule has 2 aromatic carbocycles. The number of amides is 1. The molecule has 0 fully saturated rings. The number of nitrogens with one attached hydrogen (secondary N) is 2. The lowest BCUT2D eigenvalue weighted by atomic mass is 10.0. The Balaban J connectivity index is 1.42. The fourth-order valence-electron chi connectivity index (χ4n) is 4.26. The number of likely N-dealkylation sites (N-methyl/N-ethyl adjacent to an activating group) is 1. The predicted octanol–water partition coefficient (Wildman–Crippen LogP) is 4.89. The zero-order valence-electron chi connectivity index (χ0n) is 19.0. The standard InChI is InChI=1S/C25H24BrN3O4S/c1-13-4-6-14(7-5-13)25(31)33-21-17(26)10-15(11-18(21)32-3)22-27-23(30)20-16-8-9-29(2)12-19(16)34-24(20)28-22/h4-7,10-11,22,28H,8-9,12H2,1-3H3,(H,27,30)/t22-/m1/s1. The molecule has 0 aliphatic carbocycles. The Morgan fingerprint density at radius 1 is 1.21 bits per heavy atom. The number of hydrogen-bond acceptors (Lipinski definition) is 7. The van der Waals surface area contributed by atoms with Crippen molar-refractivity contribution in [2.24, 2.45) is 0 Å². The Bertz CT molecular complexity index is 1290. The zero-order chi connectivity index (χ0) is 24.0. The zero-order valence-corrected chi connectivity index (χ0v) is 21.4.